The predicted molar refractivity (Wildman–Crippen MR) is 116 cm³/mol. The van der Waals surface area contributed by atoms with E-state index in [4.69, 9.17) is 11.6 Å². The number of para-hydroxylation sites is 1. The number of hydrogen-bond acceptors (Lipinski definition) is 2. The Morgan fingerprint density at radius 3 is 2.40 bits per heavy atom. The average Bonchev–Trinajstić information content (AvgIpc) is 3.05. The van der Waals surface area contributed by atoms with Crippen LogP contribution < -0.4 is 5.32 Å². The molecule has 4 nitrogen and oxygen atoms in total. The molecule has 4 rings (SSSR count). The molecule has 2 N–H and O–H groups in total. The number of halogens is 2. The first-order valence-corrected chi connectivity index (χ1v) is 9.94. The molecule has 0 aliphatic carbocycles. The molecule has 6 heteroatoms. The second kappa shape index (κ2) is 8.69. The number of fused-ring (bicyclic) bond motifs is 1. The molecule has 1 heterocycles. The standard InChI is InChI=1S/C24H20ClFN2O2/c25-21-7-3-1-5-17(21)13-27-14-20-19-6-2-4-8-22(19)28(23(20)24(29)30)15-16-9-11-18(26)12-10-16/h1-12,27H,13-15H2,(H,29,30). The molecule has 0 atom stereocenters. The van der Waals surface area contributed by atoms with Gasteiger partial charge in [0.25, 0.3) is 0 Å². The van der Waals surface area contributed by atoms with Gasteiger partial charge in [-0.15, -0.1) is 0 Å². The number of nitrogens with zero attached hydrogens (tertiary/aromatic N) is 1. The highest BCUT2D eigenvalue weighted by molar-refractivity contribution is 6.31. The van der Waals surface area contributed by atoms with Crippen molar-refractivity contribution in [1.82, 2.24) is 9.88 Å². The van der Waals surface area contributed by atoms with Crippen molar-refractivity contribution in [3.05, 3.63) is 106 Å². The van der Waals surface area contributed by atoms with Gasteiger partial charge in [0, 0.05) is 41.1 Å². The van der Waals surface area contributed by atoms with Crippen LogP contribution in [0.3, 0.4) is 0 Å². The van der Waals surface area contributed by atoms with Crippen molar-refractivity contribution in [2.75, 3.05) is 0 Å². The summed E-state index contributed by atoms with van der Waals surface area (Å²) in [6, 6.07) is 21.3. The number of nitrogens with one attached hydrogen (secondary N) is 1. The molecule has 0 saturated heterocycles. The lowest BCUT2D eigenvalue weighted by molar-refractivity contribution is 0.0684. The summed E-state index contributed by atoms with van der Waals surface area (Å²) in [6.07, 6.45) is 0. The minimum atomic E-state index is -0.997. The van der Waals surface area contributed by atoms with Crippen LogP contribution in [0.2, 0.25) is 5.02 Å². The van der Waals surface area contributed by atoms with Gasteiger partial charge >= 0.3 is 5.97 Å². The summed E-state index contributed by atoms with van der Waals surface area (Å²) in [6.45, 7) is 1.24. The Morgan fingerprint density at radius 1 is 0.967 bits per heavy atom. The zero-order chi connectivity index (χ0) is 21.1. The molecule has 0 amide bonds. The summed E-state index contributed by atoms with van der Waals surface area (Å²) in [5.41, 5.74) is 3.55. The summed E-state index contributed by atoms with van der Waals surface area (Å²) in [5, 5.41) is 14.9. The molecule has 0 aliphatic rings. The summed E-state index contributed by atoms with van der Waals surface area (Å²) in [5.74, 6) is -1.32. The monoisotopic (exact) mass is 422 g/mol. The van der Waals surface area contributed by atoms with Gasteiger partial charge in [-0.25, -0.2) is 9.18 Å². The van der Waals surface area contributed by atoms with Gasteiger partial charge in [-0.3, -0.25) is 0 Å². The van der Waals surface area contributed by atoms with Crippen molar-refractivity contribution < 1.29 is 14.3 Å². The van der Waals surface area contributed by atoms with Gasteiger partial charge < -0.3 is 15.0 Å². The molecule has 30 heavy (non-hydrogen) atoms. The fraction of sp³-hybridized carbons (Fsp3) is 0.125. The van der Waals surface area contributed by atoms with Gasteiger partial charge in [0.05, 0.1) is 0 Å². The fourth-order valence-electron chi connectivity index (χ4n) is 3.70. The largest absolute Gasteiger partial charge is 0.477 e. The van der Waals surface area contributed by atoms with E-state index >= 15 is 0 Å². The van der Waals surface area contributed by atoms with Crippen LogP contribution in [-0.2, 0) is 19.6 Å². The molecule has 0 fully saturated rings. The molecule has 4 aromatic rings. The Hall–Kier alpha value is -3.15. The molecule has 0 aliphatic heterocycles. The lowest BCUT2D eigenvalue weighted by atomic mass is 10.1. The molecule has 0 bridgehead atoms. The number of aromatic carboxylic acids is 1. The Morgan fingerprint density at radius 2 is 1.67 bits per heavy atom. The maximum atomic E-state index is 13.3. The quantitative estimate of drug-likeness (QED) is 0.415. The van der Waals surface area contributed by atoms with Crippen LogP contribution in [0.15, 0.2) is 72.8 Å². The molecular weight excluding hydrogens is 403 g/mol. The number of carboxylic acid groups (broad SMARTS) is 1. The van der Waals surface area contributed by atoms with Crippen LogP contribution in [0.4, 0.5) is 4.39 Å². The van der Waals surface area contributed by atoms with E-state index < -0.39 is 5.97 Å². The van der Waals surface area contributed by atoms with Crippen molar-refractivity contribution in [2.45, 2.75) is 19.6 Å². The number of rotatable bonds is 7. The summed E-state index contributed by atoms with van der Waals surface area (Å²) < 4.78 is 15.1. The number of carbonyl (C=O) groups is 1. The van der Waals surface area contributed by atoms with Gasteiger partial charge in [-0.05, 0) is 35.4 Å². The maximum absolute atomic E-state index is 13.3. The van der Waals surface area contributed by atoms with Gasteiger partial charge in [-0.2, -0.15) is 0 Å². The zero-order valence-electron chi connectivity index (χ0n) is 16.1. The first-order chi connectivity index (χ1) is 14.5. The van der Waals surface area contributed by atoms with E-state index in [0.29, 0.717) is 30.2 Å². The van der Waals surface area contributed by atoms with E-state index in [0.717, 1.165) is 22.0 Å². The molecule has 0 radical (unpaired) electrons. The SMILES string of the molecule is O=C(O)c1c(CNCc2ccccc2Cl)c2ccccc2n1Cc1ccc(F)cc1. The van der Waals surface area contributed by atoms with Crippen LogP contribution in [0.5, 0.6) is 0 Å². The lowest BCUT2D eigenvalue weighted by Gasteiger charge is -2.10. The van der Waals surface area contributed by atoms with Gasteiger partial charge in [-0.1, -0.05) is 60.1 Å². The van der Waals surface area contributed by atoms with E-state index in [1.165, 1.54) is 12.1 Å². The van der Waals surface area contributed by atoms with E-state index in [9.17, 15) is 14.3 Å². The first-order valence-electron chi connectivity index (χ1n) is 9.56. The van der Waals surface area contributed by atoms with Crippen LogP contribution in [0.25, 0.3) is 10.9 Å². The number of benzene rings is 3. The Balaban J connectivity index is 1.70. The highest BCUT2D eigenvalue weighted by Gasteiger charge is 2.22. The van der Waals surface area contributed by atoms with Crippen molar-refractivity contribution in [2.24, 2.45) is 0 Å². The van der Waals surface area contributed by atoms with E-state index in [1.807, 2.05) is 48.5 Å². The summed E-state index contributed by atoms with van der Waals surface area (Å²) >= 11 is 6.22. The third kappa shape index (κ3) is 4.08. The molecule has 152 valence electrons. The molecular formula is C24H20ClFN2O2. The van der Waals surface area contributed by atoms with Crippen molar-refractivity contribution in [3.63, 3.8) is 0 Å². The Kier molecular flexibility index (Phi) is 5.84. The van der Waals surface area contributed by atoms with E-state index in [2.05, 4.69) is 5.32 Å². The van der Waals surface area contributed by atoms with Gasteiger partial charge in [0.15, 0.2) is 0 Å². The zero-order valence-corrected chi connectivity index (χ0v) is 16.9. The topological polar surface area (TPSA) is 54.3 Å². The molecule has 0 saturated carbocycles. The number of aromatic nitrogens is 1. The van der Waals surface area contributed by atoms with Crippen LogP contribution in [0.1, 0.15) is 27.2 Å². The first kappa shape index (κ1) is 20.1. The minimum absolute atomic E-state index is 0.229. The van der Waals surface area contributed by atoms with Gasteiger partial charge in [0.1, 0.15) is 11.5 Å². The molecule has 0 unspecified atom stereocenters. The molecule has 0 spiro atoms. The Bertz CT molecular complexity index is 1200. The number of hydrogen-bond donors (Lipinski definition) is 2. The predicted octanol–water partition coefficient (Wildman–Crippen LogP) is 5.47. The van der Waals surface area contributed by atoms with Crippen LogP contribution in [-0.4, -0.2) is 15.6 Å². The van der Waals surface area contributed by atoms with Crippen LogP contribution in [0, 0.1) is 5.82 Å². The fourth-order valence-corrected chi connectivity index (χ4v) is 3.90. The van der Waals surface area contributed by atoms with E-state index in [1.54, 1.807) is 16.7 Å². The highest BCUT2D eigenvalue weighted by Crippen LogP contribution is 2.28. The highest BCUT2D eigenvalue weighted by atomic mass is 35.5. The number of carboxylic acids is 1. The third-order valence-electron chi connectivity index (χ3n) is 5.11. The Labute approximate surface area is 178 Å². The van der Waals surface area contributed by atoms with Crippen LogP contribution >= 0.6 is 11.6 Å². The van der Waals surface area contributed by atoms with Gasteiger partial charge in [0.2, 0.25) is 0 Å². The molecule has 1 aromatic heterocycles. The second-order valence-corrected chi connectivity index (χ2v) is 7.46. The molecule has 3 aromatic carbocycles. The average molecular weight is 423 g/mol. The van der Waals surface area contributed by atoms with Crippen molar-refractivity contribution in [3.8, 4) is 0 Å². The minimum Gasteiger partial charge on any atom is -0.477 e. The lowest BCUT2D eigenvalue weighted by Crippen LogP contribution is -2.17. The third-order valence-corrected chi connectivity index (χ3v) is 5.48. The second-order valence-electron chi connectivity index (χ2n) is 7.06. The van der Waals surface area contributed by atoms with Crippen molar-refractivity contribution in [1.29, 1.82) is 0 Å². The van der Waals surface area contributed by atoms with E-state index in [-0.39, 0.29) is 11.5 Å². The maximum Gasteiger partial charge on any atom is 0.352 e. The van der Waals surface area contributed by atoms with Crippen molar-refractivity contribution >= 4 is 28.5 Å². The normalized spacial score (nSPS) is 11.1. The summed E-state index contributed by atoms with van der Waals surface area (Å²) in [7, 11) is 0. The summed E-state index contributed by atoms with van der Waals surface area (Å²) in [4.78, 5) is 12.2. The smallest absolute Gasteiger partial charge is 0.352 e.